The third-order valence-corrected chi connectivity index (χ3v) is 6.06. The summed E-state index contributed by atoms with van der Waals surface area (Å²) in [4.78, 5) is 3.63. The molecule has 0 saturated heterocycles. The van der Waals surface area contributed by atoms with Crippen LogP contribution in [0.25, 0.3) is 5.69 Å². The highest BCUT2D eigenvalue weighted by atomic mass is 35.5. The van der Waals surface area contributed by atoms with Crippen LogP contribution in [-0.2, 0) is 9.84 Å². The van der Waals surface area contributed by atoms with Gasteiger partial charge in [0.25, 0.3) is 9.84 Å². The number of alkyl halides is 6. The van der Waals surface area contributed by atoms with Gasteiger partial charge in [0.2, 0.25) is 0 Å². The van der Waals surface area contributed by atoms with Gasteiger partial charge in [-0.1, -0.05) is 23.2 Å². The monoisotopic (exact) mass is 474 g/mol. The van der Waals surface area contributed by atoms with Crippen LogP contribution in [0.15, 0.2) is 23.4 Å². The molecule has 2 rings (SSSR count). The van der Waals surface area contributed by atoms with Gasteiger partial charge in [0.05, 0.1) is 15.7 Å². The van der Waals surface area contributed by atoms with Gasteiger partial charge < -0.3 is 4.74 Å². The van der Waals surface area contributed by atoms with Crippen molar-refractivity contribution in [3.05, 3.63) is 34.2 Å². The van der Waals surface area contributed by atoms with Crippen LogP contribution in [0.2, 0.25) is 10.0 Å². The largest absolute Gasteiger partial charge is 0.573 e. The molecule has 0 unspecified atom stereocenters. The molecule has 0 fully saturated rings. The zero-order valence-electron chi connectivity index (χ0n) is 12.3. The van der Waals surface area contributed by atoms with Crippen LogP contribution in [0, 0.1) is 6.92 Å². The van der Waals surface area contributed by atoms with Crippen molar-refractivity contribution in [3.8, 4) is 11.4 Å². The standard InChI is InChI=1S/C12H6Cl4F4N2O3S/c1-5-21-9(26(23,24)11(15,16)17)4-22(5)10-7(13)2-6(3-8(10)14)25-12(18,19)20/h2-4H,1H3. The minimum atomic E-state index is -4.97. The third-order valence-electron chi connectivity index (χ3n) is 2.91. The summed E-state index contributed by atoms with van der Waals surface area (Å²) in [6.45, 7) is 1.31. The van der Waals surface area contributed by atoms with Gasteiger partial charge in [-0.2, -0.15) is 4.39 Å². The van der Waals surface area contributed by atoms with Crippen LogP contribution < -0.4 is 4.74 Å². The summed E-state index contributed by atoms with van der Waals surface area (Å²) in [5.74, 6) is -0.722. The number of halogens is 8. The summed E-state index contributed by atoms with van der Waals surface area (Å²) in [7, 11) is -4.87. The van der Waals surface area contributed by atoms with Crippen molar-refractivity contribution in [1.29, 1.82) is 0 Å². The minimum Gasteiger partial charge on any atom is -0.406 e. The van der Waals surface area contributed by atoms with Crippen LogP contribution in [0.4, 0.5) is 17.6 Å². The number of ether oxygens (including phenoxy) is 1. The third kappa shape index (κ3) is 4.30. The lowest BCUT2D eigenvalue weighted by Gasteiger charge is -2.14. The zero-order valence-corrected chi connectivity index (χ0v) is 16.1. The molecule has 0 atom stereocenters. The van der Waals surface area contributed by atoms with Crippen molar-refractivity contribution in [2.24, 2.45) is 0 Å². The maximum absolute atomic E-state index is 13.5. The summed E-state index contributed by atoms with van der Waals surface area (Å²) in [5, 5.41) is -1.46. The summed E-state index contributed by atoms with van der Waals surface area (Å²) < 4.78 is 75.3. The van der Waals surface area contributed by atoms with E-state index in [2.05, 4.69) is 9.72 Å². The van der Waals surface area contributed by atoms with Gasteiger partial charge in [-0.3, -0.25) is 4.57 Å². The van der Waals surface area contributed by atoms with Crippen molar-refractivity contribution >= 4 is 56.2 Å². The van der Waals surface area contributed by atoms with Crippen LogP contribution in [-0.4, -0.2) is 28.3 Å². The van der Waals surface area contributed by atoms with E-state index in [0.717, 1.165) is 22.9 Å². The molecule has 1 aromatic carbocycles. The SMILES string of the molecule is Cc1nc(S(=O)(=O)C(F)(Cl)Cl)cn1-c1c(Cl)cc(OC(F)(F)F)cc1Cl. The molecule has 2 aromatic rings. The molecule has 14 heteroatoms. The molecule has 0 aliphatic heterocycles. The molecule has 0 bridgehead atoms. The highest BCUT2D eigenvalue weighted by Crippen LogP contribution is 2.38. The molecule has 0 spiro atoms. The molecule has 0 saturated carbocycles. The second-order valence-corrected chi connectivity index (χ2v) is 9.21. The van der Waals surface area contributed by atoms with Gasteiger partial charge in [0.1, 0.15) is 11.6 Å². The number of rotatable bonds is 4. The van der Waals surface area contributed by atoms with Gasteiger partial charge >= 0.3 is 10.3 Å². The zero-order chi connectivity index (χ0) is 20.1. The number of hydrogen-bond acceptors (Lipinski definition) is 4. The van der Waals surface area contributed by atoms with Crippen molar-refractivity contribution < 1.29 is 30.7 Å². The second kappa shape index (κ2) is 6.90. The number of aryl methyl sites for hydroxylation is 1. The number of sulfone groups is 1. The first kappa shape index (κ1) is 21.4. The second-order valence-electron chi connectivity index (χ2n) is 4.73. The summed E-state index contributed by atoms with van der Waals surface area (Å²) in [5.41, 5.74) is -0.108. The Morgan fingerprint density at radius 1 is 1.12 bits per heavy atom. The summed E-state index contributed by atoms with van der Waals surface area (Å²) in [6.07, 6.45) is -4.15. The quantitative estimate of drug-likeness (QED) is 0.449. The molecule has 1 aromatic heterocycles. The lowest BCUT2D eigenvalue weighted by Crippen LogP contribution is -2.21. The van der Waals surface area contributed by atoms with Crippen LogP contribution in [0.3, 0.4) is 0 Å². The molecule has 1 heterocycles. The normalized spacial score (nSPS) is 13.1. The van der Waals surface area contributed by atoms with E-state index in [9.17, 15) is 26.0 Å². The van der Waals surface area contributed by atoms with Crippen LogP contribution in [0.1, 0.15) is 5.82 Å². The van der Waals surface area contributed by atoms with Crippen LogP contribution >= 0.6 is 46.4 Å². The van der Waals surface area contributed by atoms with Crippen molar-refractivity contribution in [2.75, 3.05) is 0 Å². The van der Waals surface area contributed by atoms with Gasteiger partial charge in [-0.25, -0.2) is 13.4 Å². The minimum absolute atomic E-state index is 0.0329. The molecule has 0 amide bonds. The van der Waals surface area contributed by atoms with Gasteiger partial charge in [0, 0.05) is 18.3 Å². The molecule has 0 radical (unpaired) electrons. The first-order valence-electron chi connectivity index (χ1n) is 6.26. The Labute approximate surface area is 164 Å². The number of hydrogen-bond donors (Lipinski definition) is 0. The number of benzene rings is 1. The van der Waals surface area contributed by atoms with Crippen molar-refractivity contribution in [1.82, 2.24) is 9.55 Å². The fourth-order valence-corrected chi connectivity index (χ4v) is 3.74. The lowest BCUT2D eigenvalue weighted by atomic mass is 10.3. The smallest absolute Gasteiger partial charge is 0.406 e. The number of imidazole rings is 1. The predicted octanol–water partition coefficient (Wildman–Crippen LogP) is 5.22. The molecule has 144 valence electrons. The first-order valence-corrected chi connectivity index (χ1v) is 9.25. The van der Waals surface area contributed by atoms with E-state index in [1.807, 2.05) is 0 Å². The van der Waals surface area contributed by atoms with Gasteiger partial charge in [-0.15, -0.1) is 13.2 Å². The molecule has 0 aliphatic carbocycles. The van der Waals surface area contributed by atoms with Crippen molar-refractivity contribution in [2.45, 2.75) is 22.2 Å². The highest BCUT2D eigenvalue weighted by molar-refractivity contribution is 7.95. The van der Waals surface area contributed by atoms with E-state index >= 15 is 0 Å². The topological polar surface area (TPSA) is 61.2 Å². The average Bonchev–Trinajstić information content (AvgIpc) is 2.77. The molecule has 5 nitrogen and oxygen atoms in total. The highest BCUT2D eigenvalue weighted by Gasteiger charge is 2.43. The molecular formula is C12H6Cl4F4N2O3S. The summed E-state index contributed by atoms with van der Waals surface area (Å²) >= 11 is 21.9. The van der Waals surface area contributed by atoms with E-state index in [1.54, 1.807) is 0 Å². The fourth-order valence-electron chi connectivity index (χ4n) is 1.89. The molecule has 26 heavy (non-hydrogen) atoms. The van der Waals surface area contributed by atoms with E-state index in [1.165, 1.54) is 6.92 Å². The number of aromatic nitrogens is 2. The number of nitrogens with zero attached hydrogens (tertiary/aromatic N) is 2. The van der Waals surface area contributed by atoms with E-state index in [4.69, 9.17) is 46.4 Å². The maximum atomic E-state index is 13.5. The average molecular weight is 476 g/mol. The fraction of sp³-hybridized carbons (Fsp3) is 0.250. The Morgan fingerprint density at radius 3 is 2.04 bits per heavy atom. The molecular weight excluding hydrogens is 470 g/mol. The Bertz CT molecular complexity index is 931. The maximum Gasteiger partial charge on any atom is 0.573 e. The van der Waals surface area contributed by atoms with Crippen LogP contribution in [0.5, 0.6) is 5.75 Å². The molecule has 0 N–H and O–H groups in total. The van der Waals surface area contributed by atoms with E-state index in [0.29, 0.717) is 0 Å². The van der Waals surface area contributed by atoms with Gasteiger partial charge in [-0.05, 0) is 30.1 Å². The van der Waals surface area contributed by atoms with Gasteiger partial charge in [0.15, 0.2) is 5.03 Å². The summed E-state index contributed by atoms with van der Waals surface area (Å²) in [6, 6.07) is 1.62. The van der Waals surface area contributed by atoms with Crippen molar-refractivity contribution in [3.63, 3.8) is 0 Å². The Balaban J connectivity index is 2.57. The predicted molar refractivity (Wildman–Crippen MR) is 87.7 cm³/mol. The lowest BCUT2D eigenvalue weighted by molar-refractivity contribution is -0.274. The van der Waals surface area contributed by atoms with E-state index in [-0.39, 0.29) is 21.6 Å². The Kier molecular flexibility index (Phi) is 5.67. The molecule has 0 aliphatic rings. The Hall–Kier alpha value is -0.940. The first-order chi connectivity index (χ1) is 11.6. The Morgan fingerprint density at radius 2 is 1.62 bits per heavy atom. The van der Waals surface area contributed by atoms with E-state index < -0.39 is 30.9 Å².